The molecule has 1 aliphatic rings. The minimum Gasteiger partial charge on any atom is -0.351 e. The molecule has 7 heteroatoms. The average Bonchev–Trinajstić information content (AvgIpc) is 2.81. The molecule has 2 heterocycles. The van der Waals surface area contributed by atoms with Crippen molar-refractivity contribution in [3.05, 3.63) is 65.8 Å². The summed E-state index contributed by atoms with van der Waals surface area (Å²) in [6.07, 6.45) is 3.37. The van der Waals surface area contributed by atoms with Crippen molar-refractivity contribution in [2.24, 2.45) is 0 Å². The zero-order valence-electron chi connectivity index (χ0n) is 16.4. The second kappa shape index (κ2) is 9.58. The van der Waals surface area contributed by atoms with Crippen LogP contribution in [0.1, 0.15) is 12.8 Å². The van der Waals surface area contributed by atoms with Crippen molar-refractivity contribution in [1.82, 2.24) is 14.9 Å². The van der Waals surface area contributed by atoms with Crippen LogP contribution in [0.15, 0.2) is 60.8 Å². The summed E-state index contributed by atoms with van der Waals surface area (Å²) in [6.45, 7) is 1.48. The molecular formula is C23H22BrClN4O. The van der Waals surface area contributed by atoms with E-state index < -0.39 is 0 Å². The molecule has 154 valence electrons. The second-order valence-electron chi connectivity index (χ2n) is 7.27. The highest BCUT2D eigenvalue weighted by Gasteiger charge is 2.22. The summed E-state index contributed by atoms with van der Waals surface area (Å²) in [5, 5.41) is 4.30. The van der Waals surface area contributed by atoms with Gasteiger partial charge in [-0.2, -0.15) is 0 Å². The summed E-state index contributed by atoms with van der Waals surface area (Å²) in [5.41, 5.74) is 3.91. The smallest absolute Gasteiger partial charge is 0.233 e. The van der Waals surface area contributed by atoms with Crippen LogP contribution >= 0.6 is 27.5 Å². The number of piperidine rings is 1. The van der Waals surface area contributed by atoms with Crippen LogP contribution in [0.3, 0.4) is 0 Å². The molecule has 1 aromatic heterocycles. The molecule has 2 aromatic carbocycles. The fourth-order valence-electron chi connectivity index (χ4n) is 3.66. The second-order valence-corrected chi connectivity index (χ2v) is 8.24. The van der Waals surface area contributed by atoms with Crippen LogP contribution in [0.5, 0.6) is 0 Å². The van der Waals surface area contributed by atoms with Gasteiger partial charge in [-0.05, 0) is 30.0 Å². The molecule has 1 aliphatic heterocycles. The van der Waals surface area contributed by atoms with E-state index in [1.165, 1.54) is 0 Å². The van der Waals surface area contributed by atoms with Crippen LogP contribution in [0.2, 0.25) is 5.02 Å². The molecule has 1 amide bonds. The maximum Gasteiger partial charge on any atom is 0.233 e. The molecule has 0 atom stereocenters. The Hall–Kier alpha value is -2.44. The number of nitrogens with zero attached hydrogens (tertiary/aromatic N) is 3. The van der Waals surface area contributed by atoms with Gasteiger partial charge < -0.3 is 10.2 Å². The lowest BCUT2D eigenvalue weighted by atomic mass is 10.0. The van der Waals surface area contributed by atoms with Crippen LogP contribution in [0.25, 0.3) is 22.4 Å². The molecule has 1 N–H and O–H groups in total. The molecular weight excluding hydrogens is 464 g/mol. The van der Waals surface area contributed by atoms with Crippen LogP contribution < -0.4 is 5.32 Å². The van der Waals surface area contributed by atoms with Gasteiger partial charge in [0.2, 0.25) is 11.9 Å². The normalized spacial score (nSPS) is 14.5. The molecule has 3 aromatic rings. The van der Waals surface area contributed by atoms with E-state index in [1.807, 2.05) is 35.2 Å². The summed E-state index contributed by atoms with van der Waals surface area (Å²) in [4.78, 5) is 22.8. The summed E-state index contributed by atoms with van der Waals surface area (Å²) >= 11 is 9.68. The first-order chi connectivity index (χ1) is 14.6. The summed E-state index contributed by atoms with van der Waals surface area (Å²) in [6, 6.07) is 18.7. The molecule has 1 fully saturated rings. The van der Waals surface area contributed by atoms with Crippen molar-refractivity contribution in [1.29, 1.82) is 0 Å². The summed E-state index contributed by atoms with van der Waals surface area (Å²) < 4.78 is 0. The molecule has 0 spiro atoms. The van der Waals surface area contributed by atoms with Gasteiger partial charge in [-0.25, -0.2) is 9.97 Å². The molecule has 0 aliphatic carbocycles. The number of hydrogen-bond donors (Lipinski definition) is 1. The van der Waals surface area contributed by atoms with Crippen molar-refractivity contribution in [3.63, 3.8) is 0 Å². The highest BCUT2D eigenvalue weighted by molar-refractivity contribution is 9.09. The third-order valence-electron chi connectivity index (χ3n) is 5.28. The van der Waals surface area contributed by atoms with Gasteiger partial charge in [0.15, 0.2) is 0 Å². The van der Waals surface area contributed by atoms with Crippen molar-refractivity contribution in [2.75, 3.05) is 23.7 Å². The van der Waals surface area contributed by atoms with Crippen LogP contribution in [-0.2, 0) is 4.79 Å². The maximum absolute atomic E-state index is 11.8. The van der Waals surface area contributed by atoms with Crippen molar-refractivity contribution in [3.8, 4) is 22.4 Å². The van der Waals surface area contributed by atoms with E-state index >= 15 is 0 Å². The zero-order valence-corrected chi connectivity index (χ0v) is 18.7. The third-order valence-corrected chi connectivity index (χ3v) is 6.04. The van der Waals surface area contributed by atoms with Crippen LogP contribution in [0, 0.1) is 0 Å². The lowest BCUT2D eigenvalue weighted by molar-refractivity contribution is -0.129. The Bertz CT molecular complexity index is 1020. The van der Waals surface area contributed by atoms with Crippen molar-refractivity contribution >= 4 is 39.4 Å². The largest absolute Gasteiger partial charge is 0.351 e. The van der Waals surface area contributed by atoms with E-state index in [1.54, 1.807) is 6.20 Å². The van der Waals surface area contributed by atoms with E-state index in [0.29, 0.717) is 22.0 Å². The average molecular weight is 486 g/mol. The Morgan fingerprint density at radius 3 is 2.50 bits per heavy atom. The SMILES string of the molecule is O=C(CBr)N1CCC(Nc2ncc(Cl)c(-c3cccc(-c4ccccc4)c3)n2)CC1. The number of aromatic nitrogens is 2. The number of rotatable bonds is 5. The fourth-order valence-corrected chi connectivity index (χ4v) is 4.21. The van der Waals surface area contributed by atoms with E-state index in [-0.39, 0.29) is 11.9 Å². The molecule has 0 bridgehead atoms. The highest BCUT2D eigenvalue weighted by Crippen LogP contribution is 2.30. The van der Waals surface area contributed by atoms with Crippen LogP contribution in [0.4, 0.5) is 5.95 Å². The minimum absolute atomic E-state index is 0.136. The minimum atomic E-state index is 0.136. The number of likely N-dealkylation sites (tertiary alicyclic amines) is 1. The molecule has 1 saturated heterocycles. The molecule has 0 unspecified atom stereocenters. The molecule has 0 saturated carbocycles. The van der Waals surface area contributed by atoms with E-state index in [4.69, 9.17) is 16.6 Å². The number of anilines is 1. The first kappa shape index (κ1) is 20.8. The monoisotopic (exact) mass is 484 g/mol. The fraction of sp³-hybridized carbons (Fsp3) is 0.261. The van der Waals surface area contributed by atoms with Gasteiger partial charge in [0.25, 0.3) is 0 Å². The predicted octanol–water partition coefficient (Wildman–Crippen LogP) is 5.26. The van der Waals surface area contributed by atoms with E-state index in [2.05, 4.69) is 50.5 Å². The number of nitrogens with one attached hydrogen (secondary N) is 1. The van der Waals surface area contributed by atoms with Gasteiger partial charge in [-0.3, -0.25) is 4.79 Å². The number of carbonyl (C=O) groups is 1. The van der Waals surface area contributed by atoms with Crippen LogP contribution in [-0.4, -0.2) is 45.2 Å². The Labute approximate surface area is 189 Å². The third kappa shape index (κ3) is 4.82. The highest BCUT2D eigenvalue weighted by atomic mass is 79.9. The number of amides is 1. The number of halogens is 2. The quantitative estimate of drug-likeness (QED) is 0.501. The Morgan fingerprint density at radius 2 is 1.77 bits per heavy atom. The zero-order chi connectivity index (χ0) is 20.9. The molecule has 0 radical (unpaired) electrons. The number of alkyl halides is 1. The maximum atomic E-state index is 11.8. The standard InChI is InChI=1S/C23H22BrClN4O/c24-14-21(30)29-11-9-19(10-12-29)27-23-26-15-20(25)22(28-23)18-8-4-7-17(13-18)16-5-2-1-3-6-16/h1-8,13,15,19H,9-12,14H2,(H,26,27,28). The van der Waals surface area contributed by atoms with Crippen molar-refractivity contribution in [2.45, 2.75) is 18.9 Å². The Morgan fingerprint density at radius 1 is 1.07 bits per heavy atom. The van der Waals surface area contributed by atoms with Gasteiger partial charge in [0, 0.05) is 24.7 Å². The lowest BCUT2D eigenvalue weighted by Crippen LogP contribution is -2.43. The number of benzene rings is 2. The molecule has 30 heavy (non-hydrogen) atoms. The Balaban J connectivity index is 1.51. The van der Waals surface area contributed by atoms with Crippen molar-refractivity contribution < 1.29 is 4.79 Å². The number of hydrogen-bond acceptors (Lipinski definition) is 4. The number of carbonyl (C=O) groups excluding carboxylic acids is 1. The van der Waals surface area contributed by atoms with Gasteiger partial charge in [0.05, 0.1) is 22.2 Å². The first-order valence-electron chi connectivity index (χ1n) is 9.92. The van der Waals surface area contributed by atoms with Gasteiger partial charge in [-0.15, -0.1) is 0 Å². The topological polar surface area (TPSA) is 58.1 Å². The first-order valence-corrected chi connectivity index (χ1v) is 11.4. The lowest BCUT2D eigenvalue weighted by Gasteiger charge is -2.32. The molecule has 4 rings (SSSR count). The van der Waals surface area contributed by atoms with E-state index in [9.17, 15) is 4.79 Å². The summed E-state index contributed by atoms with van der Waals surface area (Å²) in [5.74, 6) is 0.696. The predicted molar refractivity (Wildman–Crippen MR) is 125 cm³/mol. The van der Waals surface area contributed by atoms with E-state index in [0.717, 1.165) is 42.6 Å². The molecule has 5 nitrogen and oxygen atoms in total. The van der Waals surface area contributed by atoms with Gasteiger partial charge in [-0.1, -0.05) is 76.1 Å². The summed E-state index contributed by atoms with van der Waals surface area (Å²) in [7, 11) is 0. The Kier molecular flexibility index (Phi) is 6.65. The van der Waals surface area contributed by atoms with Gasteiger partial charge in [0.1, 0.15) is 0 Å². The van der Waals surface area contributed by atoms with Gasteiger partial charge >= 0.3 is 0 Å².